The van der Waals surface area contributed by atoms with E-state index in [-0.39, 0.29) is 23.7 Å². The highest BCUT2D eigenvalue weighted by Crippen LogP contribution is 2.30. The lowest BCUT2D eigenvalue weighted by molar-refractivity contribution is -0.116. The number of allylic oxidation sites excluding steroid dienone is 3. The van der Waals surface area contributed by atoms with Crippen LogP contribution >= 0.6 is 23.2 Å². The minimum Gasteiger partial charge on any atom is -0.495 e. The van der Waals surface area contributed by atoms with Gasteiger partial charge in [0.1, 0.15) is 12.4 Å². The molecule has 0 unspecified atom stereocenters. The average molecular weight is 514 g/mol. The third kappa shape index (κ3) is 8.17. The summed E-state index contributed by atoms with van der Waals surface area (Å²) in [6.07, 6.45) is 0. The Hall–Kier alpha value is -2.31. The third-order valence-electron chi connectivity index (χ3n) is 5.15. The Morgan fingerprint density at radius 3 is 2.03 bits per heavy atom. The van der Waals surface area contributed by atoms with Crippen molar-refractivity contribution in [1.82, 2.24) is 0 Å². The van der Waals surface area contributed by atoms with E-state index in [0.29, 0.717) is 47.0 Å². The Kier molecular flexibility index (Phi) is 15.2. The van der Waals surface area contributed by atoms with E-state index in [2.05, 4.69) is 0 Å². The van der Waals surface area contributed by atoms with Crippen molar-refractivity contribution in [1.29, 1.82) is 0 Å². The van der Waals surface area contributed by atoms with Gasteiger partial charge >= 0.3 is 5.97 Å². The number of ketones is 2. The van der Waals surface area contributed by atoms with E-state index in [1.165, 1.54) is 0 Å². The molecule has 34 heavy (non-hydrogen) atoms. The molecule has 1 aliphatic carbocycles. The zero-order chi connectivity index (χ0) is 26.4. The van der Waals surface area contributed by atoms with Gasteiger partial charge in [0, 0.05) is 47.1 Å². The number of Topliss-reactive ketones (excluding diaryl/α,β-unsaturated/α-hetero) is 2. The Labute approximate surface area is 213 Å². The molecule has 0 atom stereocenters. The smallest absolute Gasteiger partial charge is 0.338 e. The van der Waals surface area contributed by atoms with Crippen molar-refractivity contribution in [2.75, 3.05) is 43.5 Å². The van der Waals surface area contributed by atoms with Crippen molar-refractivity contribution in [3.05, 3.63) is 46.1 Å². The summed E-state index contributed by atoms with van der Waals surface area (Å²) >= 11 is 10.9. The first-order valence-electron chi connectivity index (χ1n) is 11.4. The molecule has 6 nitrogen and oxygen atoms in total. The average Bonchev–Trinajstić information content (AvgIpc) is 2.86. The molecule has 0 aromatic heterocycles. The molecule has 0 saturated heterocycles. The van der Waals surface area contributed by atoms with Crippen LogP contribution in [0.25, 0.3) is 0 Å². The summed E-state index contributed by atoms with van der Waals surface area (Å²) in [4.78, 5) is 39.3. The normalized spacial score (nSPS) is 13.0. The molecule has 0 radical (unpaired) electrons. The number of carbonyl (C=O) groups is 3. The molecule has 1 aromatic carbocycles. The number of carbonyl (C=O) groups excluding carboxylic acids is 3. The van der Waals surface area contributed by atoms with Crippen LogP contribution in [-0.4, -0.2) is 56.1 Å². The van der Waals surface area contributed by atoms with E-state index in [1.807, 2.05) is 32.6 Å². The van der Waals surface area contributed by atoms with Crippen LogP contribution in [0.15, 0.2) is 40.5 Å². The fourth-order valence-electron chi connectivity index (χ4n) is 3.17. The first-order valence-corrected chi connectivity index (χ1v) is 12.4. The van der Waals surface area contributed by atoms with Gasteiger partial charge < -0.3 is 14.4 Å². The van der Waals surface area contributed by atoms with E-state index in [0.717, 1.165) is 11.6 Å². The molecule has 0 N–H and O–H groups in total. The predicted molar refractivity (Wildman–Crippen MR) is 141 cm³/mol. The fourth-order valence-corrected chi connectivity index (χ4v) is 3.37. The van der Waals surface area contributed by atoms with E-state index >= 15 is 0 Å². The van der Waals surface area contributed by atoms with Crippen molar-refractivity contribution in [2.45, 2.75) is 48.5 Å². The Morgan fingerprint density at radius 1 is 0.971 bits per heavy atom. The number of nitrogens with zero attached hydrogens (tertiary/aromatic N) is 1. The molecule has 1 aromatic rings. The van der Waals surface area contributed by atoms with Crippen LogP contribution in [0.3, 0.4) is 0 Å². The van der Waals surface area contributed by atoms with Gasteiger partial charge in [0.2, 0.25) is 0 Å². The van der Waals surface area contributed by atoms with Gasteiger partial charge in [-0.25, -0.2) is 4.79 Å². The van der Waals surface area contributed by atoms with Gasteiger partial charge in [-0.3, -0.25) is 9.59 Å². The second-order valence-corrected chi connectivity index (χ2v) is 7.92. The summed E-state index contributed by atoms with van der Waals surface area (Å²) in [6, 6.07) is 4.98. The van der Waals surface area contributed by atoms with Crippen LogP contribution in [-0.2, 0) is 14.3 Å². The number of hydrogen-bond donors (Lipinski definition) is 0. The molecule has 0 aliphatic heterocycles. The molecule has 0 saturated carbocycles. The van der Waals surface area contributed by atoms with E-state index in [4.69, 9.17) is 32.7 Å². The number of halogens is 2. The SMILES string of the molecule is CC.CCCl.CCN(CCCl)c1cc(C(=O)OCC2=C(C)C(=O)C(C)=C(C)C2=O)ccc1OC. The summed E-state index contributed by atoms with van der Waals surface area (Å²) < 4.78 is 10.8. The van der Waals surface area contributed by atoms with Gasteiger partial charge in [0.05, 0.1) is 18.4 Å². The summed E-state index contributed by atoms with van der Waals surface area (Å²) in [7, 11) is 1.56. The van der Waals surface area contributed by atoms with Gasteiger partial charge in [-0.15, -0.1) is 23.2 Å². The first-order chi connectivity index (χ1) is 16.2. The highest BCUT2D eigenvalue weighted by molar-refractivity contribution is 6.24. The van der Waals surface area contributed by atoms with Crippen LogP contribution < -0.4 is 9.64 Å². The van der Waals surface area contributed by atoms with Crippen molar-refractivity contribution < 1.29 is 23.9 Å². The summed E-state index contributed by atoms with van der Waals surface area (Å²) in [5.41, 5.74) is 2.42. The zero-order valence-electron chi connectivity index (χ0n) is 21.5. The summed E-state index contributed by atoms with van der Waals surface area (Å²) in [5, 5.41) is 0. The number of benzene rings is 1. The fraction of sp³-hybridized carbons (Fsp3) is 0.500. The van der Waals surface area contributed by atoms with Crippen molar-refractivity contribution in [3.8, 4) is 5.75 Å². The first kappa shape index (κ1) is 31.7. The van der Waals surface area contributed by atoms with E-state index in [9.17, 15) is 14.4 Å². The topological polar surface area (TPSA) is 72.9 Å². The number of anilines is 1. The Balaban J connectivity index is 0.00000201. The quantitative estimate of drug-likeness (QED) is 0.241. The number of hydrogen-bond acceptors (Lipinski definition) is 6. The molecular formula is C26H37Cl2NO5. The largest absolute Gasteiger partial charge is 0.495 e. The van der Waals surface area contributed by atoms with Gasteiger partial charge in [0.15, 0.2) is 11.6 Å². The van der Waals surface area contributed by atoms with E-state index < -0.39 is 5.97 Å². The molecule has 0 amide bonds. The molecule has 0 bridgehead atoms. The predicted octanol–water partition coefficient (Wildman–Crippen LogP) is 5.99. The maximum atomic E-state index is 12.6. The van der Waals surface area contributed by atoms with Crippen molar-refractivity contribution in [2.24, 2.45) is 0 Å². The van der Waals surface area contributed by atoms with Gasteiger partial charge in [-0.05, 0) is 45.9 Å². The number of methoxy groups -OCH3 is 1. The lowest BCUT2D eigenvalue weighted by atomic mass is 9.86. The maximum absolute atomic E-state index is 12.6. The lowest BCUT2D eigenvalue weighted by Crippen LogP contribution is -2.26. The Bertz CT molecular complexity index is 922. The highest BCUT2D eigenvalue weighted by atomic mass is 35.5. The van der Waals surface area contributed by atoms with Crippen molar-refractivity contribution >= 4 is 46.4 Å². The molecule has 0 fully saturated rings. The minimum atomic E-state index is -0.583. The molecule has 8 heteroatoms. The standard InChI is InChI=1S/C22H26ClNO5.C2H5Cl.C2H6/c1-6-24(10-9-23)18-11-16(7-8-19(18)28-5)22(27)29-12-17-15(4)20(25)13(2)14(3)21(17)26;1-2-3;1-2/h7-8,11H,6,9-10,12H2,1-5H3;2H2,1H3;1-2H3. The number of ether oxygens (including phenoxy) is 2. The second-order valence-electron chi connectivity index (χ2n) is 7.01. The lowest BCUT2D eigenvalue weighted by Gasteiger charge is -2.24. The summed E-state index contributed by atoms with van der Waals surface area (Å²) in [6.45, 7) is 13.7. The molecular weight excluding hydrogens is 477 g/mol. The third-order valence-corrected chi connectivity index (χ3v) is 5.32. The van der Waals surface area contributed by atoms with Gasteiger partial charge in [-0.1, -0.05) is 20.8 Å². The number of alkyl halides is 2. The molecule has 2 rings (SSSR count). The molecule has 190 valence electrons. The monoisotopic (exact) mass is 513 g/mol. The minimum absolute atomic E-state index is 0.195. The van der Waals surface area contributed by atoms with Crippen LogP contribution in [0.4, 0.5) is 5.69 Å². The molecule has 0 spiro atoms. The van der Waals surface area contributed by atoms with Crippen molar-refractivity contribution in [3.63, 3.8) is 0 Å². The van der Waals surface area contributed by atoms with Gasteiger partial charge in [0.25, 0.3) is 0 Å². The number of rotatable bonds is 8. The second kappa shape index (κ2) is 16.3. The number of esters is 1. The maximum Gasteiger partial charge on any atom is 0.338 e. The van der Waals surface area contributed by atoms with Crippen LogP contribution in [0, 0.1) is 0 Å². The highest BCUT2D eigenvalue weighted by Gasteiger charge is 2.28. The van der Waals surface area contributed by atoms with E-state index in [1.54, 1.807) is 46.1 Å². The molecule has 0 heterocycles. The van der Waals surface area contributed by atoms with Gasteiger partial charge in [-0.2, -0.15) is 0 Å². The summed E-state index contributed by atoms with van der Waals surface area (Å²) in [5.74, 6) is 0.736. The van der Waals surface area contributed by atoms with Crippen LogP contribution in [0.1, 0.15) is 58.8 Å². The van der Waals surface area contributed by atoms with Crippen LogP contribution in [0.2, 0.25) is 0 Å². The Morgan fingerprint density at radius 2 is 1.53 bits per heavy atom. The molecule has 1 aliphatic rings. The zero-order valence-corrected chi connectivity index (χ0v) is 23.0. The van der Waals surface area contributed by atoms with Crippen LogP contribution in [0.5, 0.6) is 5.75 Å².